The van der Waals surface area contributed by atoms with E-state index in [1.807, 2.05) is 0 Å². The van der Waals surface area contributed by atoms with Gasteiger partial charge < -0.3 is 9.16 Å². The highest BCUT2D eigenvalue weighted by molar-refractivity contribution is 9.08. The van der Waals surface area contributed by atoms with E-state index in [9.17, 15) is 0 Å². The number of fused-ring (bicyclic) bond motifs is 1. The standard InChI is InChI=1S/C32H57BrO2Si/c1-23(2)14-11-15-24(3)16-12-17-25(4)18-13-20-32(7)21-19-28-29(22-33)31(35-36(8,9)10)27(6)26(5)30(28)34-32/h23-25H,11-22H2,1-10H3/t24-,25-,32-/m1/s1. The maximum absolute atomic E-state index is 6.84. The van der Waals surface area contributed by atoms with Crippen molar-refractivity contribution >= 4 is 24.2 Å². The Bertz CT molecular complexity index is 829. The van der Waals surface area contributed by atoms with Gasteiger partial charge in [-0.25, -0.2) is 0 Å². The van der Waals surface area contributed by atoms with E-state index in [0.29, 0.717) is 0 Å². The summed E-state index contributed by atoms with van der Waals surface area (Å²) < 4.78 is 13.4. The molecule has 0 saturated heterocycles. The number of halogens is 1. The van der Waals surface area contributed by atoms with Crippen molar-refractivity contribution in [3.05, 3.63) is 22.3 Å². The first kappa shape index (κ1) is 31.7. The van der Waals surface area contributed by atoms with Crippen LogP contribution in [0.3, 0.4) is 0 Å². The van der Waals surface area contributed by atoms with Gasteiger partial charge >= 0.3 is 0 Å². The first-order valence-corrected chi connectivity index (χ1v) is 19.4. The molecule has 208 valence electrons. The highest BCUT2D eigenvalue weighted by atomic mass is 79.9. The van der Waals surface area contributed by atoms with Crippen LogP contribution in [-0.2, 0) is 11.8 Å². The average molecular weight is 582 g/mol. The molecule has 4 heteroatoms. The predicted molar refractivity (Wildman–Crippen MR) is 165 cm³/mol. The van der Waals surface area contributed by atoms with E-state index in [-0.39, 0.29) is 5.60 Å². The highest BCUT2D eigenvalue weighted by Gasteiger charge is 2.35. The van der Waals surface area contributed by atoms with Crippen LogP contribution in [0.15, 0.2) is 0 Å². The molecule has 3 atom stereocenters. The quantitative estimate of drug-likeness (QED) is 0.151. The Morgan fingerprint density at radius 3 is 1.97 bits per heavy atom. The van der Waals surface area contributed by atoms with Crippen LogP contribution in [0.5, 0.6) is 11.5 Å². The number of rotatable bonds is 15. The molecule has 1 aromatic rings. The van der Waals surface area contributed by atoms with E-state index in [4.69, 9.17) is 9.16 Å². The number of ether oxygens (including phenoxy) is 1. The maximum Gasteiger partial charge on any atom is 0.242 e. The zero-order valence-electron chi connectivity index (χ0n) is 25.4. The smallest absolute Gasteiger partial charge is 0.242 e. The zero-order chi connectivity index (χ0) is 27.1. The lowest BCUT2D eigenvalue weighted by Gasteiger charge is -2.39. The second-order valence-corrected chi connectivity index (χ2v) is 18.6. The summed E-state index contributed by atoms with van der Waals surface area (Å²) in [5.74, 6) is 4.80. The van der Waals surface area contributed by atoms with Crippen molar-refractivity contribution in [2.45, 2.75) is 150 Å². The van der Waals surface area contributed by atoms with Gasteiger partial charge in [0.15, 0.2) is 0 Å². The van der Waals surface area contributed by atoms with Crippen molar-refractivity contribution in [2.75, 3.05) is 0 Å². The second kappa shape index (κ2) is 14.1. The third-order valence-corrected chi connectivity index (χ3v) is 9.60. The van der Waals surface area contributed by atoms with Gasteiger partial charge in [-0.3, -0.25) is 0 Å². The van der Waals surface area contributed by atoms with Crippen molar-refractivity contribution in [1.29, 1.82) is 0 Å². The molecule has 1 heterocycles. The molecule has 0 aromatic heterocycles. The van der Waals surface area contributed by atoms with Crippen LogP contribution >= 0.6 is 15.9 Å². The maximum atomic E-state index is 6.84. The van der Waals surface area contributed by atoms with E-state index in [1.54, 1.807) is 0 Å². The van der Waals surface area contributed by atoms with Crippen LogP contribution in [0.4, 0.5) is 0 Å². The summed E-state index contributed by atoms with van der Waals surface area (Å²) in [6.45, 7) is 23.2. The lowest BCUT2D eigenvalue weighted by molar-refractivity contribution is 0.0512. The fraction of sp³-hybridized carbons (Fsp3) is 0.812. The minimum Gasteiger partial charge on any atom is -0.544 e. The molecule has 1 aliphatic heterocycles. The Morgan fingerprint density at radius 2 is 1.44 bits per heavy atom. The van der Waals surface area contributed by atoms with Gasteiger partial charge in [0.2, 0.25) is 8.32 Å². The van der Waals surface area contributed by atoms with E-state index in [1.165, 1.54) is 73.6 Å². The molecular formula is C32H57BrO2Si. The van der Waals surface area contributed by atoms with E-state index in [0.717, 1.165) is 53.8 Å². The van der Waals surface area contributed by atoms with Crippen LogP contribution in [-0.4, -0.2) is 13.9 Å². The fourth-order valence-electron chi connectivity index (χ4n) is 5.72. The molecule has 0 N–H and O–H groups in total. The first-order valence-electron chi connectivity index (χ1n) is 14.8. The topological polar surface area (TPSA) is 18.5 Å². The van der Waals surface area contributed by atoms with Crippen molar-refractivity contribution < 1.29 is 9.16 Å². The third kappa shape index (κ3) is 9.68. The molecule has 36 heavy (non-hydrogen) atoms. The fourth-order valence-corrected chi connectivity index (χ4v) is 7.20. The number of alkyl halides is 1. The molecule has 1 aromatic carbocycles. The van der Waals surface area contributed by atoms with Gasteiger partial charge in [-0.1, -0.05) is 88.6 Å². The summed E-state index contributed by atoms with van der Waals surface area (Å²) >= 11 is 3.77. The van der Waals surface area contributed by atoms with Gasteiger partial charge in [0, 0.05) is 16.5 Å². The first-order chi connectivity index (χ1) is 16.8. The summed E-state index contributed by atoms with van der Waals surface area (Å²) in [6, 6.07) is 0. The van der Waals surface area contributed by atoms with Gasteiger partial charge in [-0.15, -0.1) is 0 Å². The highest BCUT2D eigenvalue weighted by Crippen LogP contribution is 2.46. The molecule has 0 spiro atoms. The predicted octanol–water partition coefficient (Wildman–Crippen LogP) is 10.9. The Hall–Kier alpha value is -0.483. The van der Waals surface area contributed by atoms with Crippen LogP contribution in [0.25, 0.3) is 0 Å². The Balaban J connectivity index is 1.89. The number of hydrogen-bond donors (Lipinski definition) is 0. The van der Waals surface area contributed by atoms with Crippen molar-refractivity contribution in [1.82, 2.24) is 0 Å². The summed E-state index contributed by atoms with van der Waals surface area (Å²) in [5, 5.41) is 0.824. The SMILES string of the molecule is Cc1c(C)c(O[Si](C)(C)C)c(CBr)c2c1O[C@](C)(CCC[C@H](C)CCC[C@H](C)CCCC(C)C)CC2. The van der Waals surface area contributed by atoms with E-state index in [2.05, 4.69) is 84.0 Å². The molecule has 0 radical (unpaired) electrons. The molecule has 1 aliphatic rings. The van der Waals surface area contributed by atoms with Crippen molar-refractivity contribution in [2.24, 2.45) is 17.8 Å². The largest absolute Gasteiger partial charge is 0.544 e. The van der Waals surface area contributed by atoms with Crippen LogP contribution in [0.1, 0.15) is 121 Å². The molecule has 0 amide bonds. The van der Waals surface area contributed by atoms with Crippen LogP contribution < -0.4 is 9.16 Å². The molecule has 0 saturated carbocycles. The Morgan fingerprint density at radius 1 is 0.889 bits per heavy atom. The summed E-state index contributed by atoms with van der Waals surface area (Å²) in [4.78, 5) is 0. The average Bonchev–Trinajstić information content (AvgIpc) is 2.77. The summed E-state index contributed by atoms with van der Waals surface area (Å²) in [7, 11) is -1.69. The molecule has 0 unspecified atom stereocenters. The van der Waals surface area contributed by atoms with Gasteiger partial charge in [0.1, 0.15) is 17.1 Å². The third-order valence-electron chi connectivity index (χ3n) is 8.23. The van der Waals surface area contributed by atoms with E-state index >= 15 is 0 Å². The van der Waals surface area contributed by atoms with Crippen molar-refractivity contribution in [3.63, 3.8) is 0 Å². The molecule has 0 bridgehead atoms. The van der Waals surface area contributed by atoms with Gasteiger partial charge in [0.25, 0.3) is 0 Å². The monoisotopic (exact) mass is 580 g/mol. The molecular weight excluding hydrogens is 524 g/mol. The molecule has 0 aliphatic carbocycles. The molecule has 2 rings (SSSR count). The summed E-state index contributed by atoms with van der Waals surface area (Å²) in [5.41, 5.74) is 5.15. The minimum absolute atomic E-state index is 0.0560. The van der Waals surface area contributed by atoms with Gasteiger partial charge in [-0.2, -0.15) is 0 Å². The Labute approximate surface area is 234 Å². The lowest BCUT2D eigenvalue weighted by Crippen LogP contribution is -2.37. The number of hydrogen-bond acceptors (Lipinski definition) is 2. The van der Waals surface area contributed by atoms with Gasteiger partial charge in [-0.05, 0) is 95.0 Å². The van der Waals surface area contributed by atoms with Crippen LogP contribution in [0.2, 0.25) is 19.6 Å². The molecule has 2 nitrogen and oxygen atoms in total. The second-order valence-electron chi connectivity index (χ2n) is 13.6. The van der Waals surface area contributed by atoms with Crippen molar-refractivity contribution in [3.8, 4) is 11.5 Å². The number of benzene rings is 1. The lowest BCUT2D eigenvalue weighted by atomic mass is 9.83. The van der Waals surface area contributed by atoms with E-state index < -0.39 is 8.32 Å². The summed E-state index contributed by atoms with van der Waals surface area (Å²) in [6.07, 6.45) is 14.3. The minimum atomic E-state index is -1.69. The van der Waals surface area contributed by atoms with Crippen LogP contribution in [0, 0.1) is 31.6 Å². The normalized spacial score (nSPS) is 19.7. The molecule has 0 fully saturated rings. The zero-order valence-corrected chi connectivity index (χ0v) is 28.0. The van der Waals surface area contributed by atoms with Gasteiger partial charge in [0.05, 0.1) is 0 Å². The Kier molecular flexibility index (Phi) is 12.4.